The minimum atomic E-state index is -0.973. The molecule has 0 aliphatic carbocycles. The highest BCUT2D eigenvalue weighted by Gasteiger charge is 2.38. The third kappa shape index (κ3) is 9.16. The number of amides is 1. The molecule has 0 saturated heterocycles. The standard InChI is InChI=1S/C40H39NO6/c1-31(41-39(43)46-28-33-19-9-3-10-20-33)38(42)45-29-37(44-27-32-17-7-2-8-18-32)30-47-40(34-21-11-4-12-22-34,35-23-13-5-14-24-35)36-25-15-6-16-26-36/h2-26,31,37H,27-30H2,1H3,(H,41,43)/t31-,37-/m0/s1. The molecule has 0 radical (unpaired) electrons. The number of nitrogens with one attached hydrogen (secondary N) is 1. The van der Waals surface area contributed by atoms with Crippen molar-refractivity contribution in [1.82, 2.24) is 5.32 Å². The molecule has 0 spiro atoms. The van der Waals surface area contributed by atoms with Gasteiger partial charge in [-0.2, -0.15) is 0 Å². The van der Waals surface area contributed by atoms with E-state index in [4.69, 9.17) is 18.9 Å². The summed E-state index contributed by atoms with van der Waals surface area (Å²) in [6.07, 6.45) is -1.34. The van der Waals surface area contributed by atoms with E-state index in [9.17, 15) is 9.59 Å². The lowest BCUT2D eigenvalue weighted by Gasteiger charge is -2.37. The van der Waals surface area contributed by atoms with E-state index in [1.165, 1.54) is 0 Å². The molecule has 5 aromatic carbocycles. The molecule has 0 aliphatic rings. The Hall–Kier alpha value is -5.24. The van der Waals surface area contributed by atoms with Crippen LogP contribution in [0.1, 0.15) is 34.7 Å². The fourth-order valence-corrected chi connectivity index (χ4v) is 5.22. The first-order valence-corrected chi connectivity index (χ1v) is 15.6. The molecule has 1 N–H and O–H groups in total. The maximum atomic E-state index is 13.0. The Labute approximate surface area is 276 Å². The van der Waals surface area contributed by atoms with E-state index in [-0.39, 0.29) is 19.8 Å². The molecule has 0 aromatic heterocycles. The number of ether oxygens (including phenoxy) is 4. The molecule has 0 heterocycles. The van der Waals surface area contributed by atoms with E-state index >= 15 is 0 Å². The molecule has 0 aliphatic heterocycles. The van der Waals surface area contributed by atoms with Gasteiger partial charge in [0.2, 0.25) is 0 Å². The van der Waals surface area contributed by atoms with Gasteiger partial charge in [-0.05, 0) is 34.7 Å². The summed E-state index contributed by atoms with van der Waals surface area (Å²) >= 11 is 0. The average molecular weight is 630 g/mol. The summed E-state index contributed by atoms with van der Waals surface area (Å²) in [6, 6.07) is 48.3. The summed E-state index contributed by atoms with van der Waals surface area (Å²) in [4.78, 5) is 25.4. The number of rotatable bonds is 15. The molecule has 2 atom stereocenters. The molecule has 1 amide bonds. The summed E-state index contributed by atoms with van der Waals surface area (Å²) in [6.45, 7) is 1.94. The lowest BCUT2D eigenvalue weighted by molar-refractivity contribution is -0.154. The Balaban J connectivity index is 1.32. The van der Waals surface area contributed by atoms with Crippen molar-refractivity contribution in [3.05, 3.63) is 179 Å². The van der Waals surface area contributed by atoms with E-state index in [2.05, 4.69) is 5.32 Å². The summed E-state index contributed by atoms with van der Waals surface area (Å²) in [5.41, 5.74) is 3.68. The number of hydrogen-bond donors (Lipinski definition) is 1. The first-order valence-electron chi connectivity index (χ1n) is 15.6. The number of hydrogen-bond acceptors (Lipinski definition) is 6. The second kappa shape index (κ2) is 16.9. The topological polar surface area (TPSA) is 83.1 Å². The summed E-state index contributed by atoms with van der Waals surface area (Å²) < 4.78 is 24.2. The molecule has 7 heteroatoms. The lowest BCUT2D eigenvalue weighted by atomic mass is 9.80. The smallest absolute Gasteiger partial charge is 0.408 e. The van der Waals surface area contributed by atoms with Crippen LogP contribution in [0.5, 0.6) is 0 Å². The van der Waals surface area contributed by atoms with Crippen LogP contribution in [0.4, 0.5) is 4.79 Å². The van der Waals surface area contributed by atoms with E-state index in [1.807, 2.05) is 152 Å². The predicted octanol–water partition coefficient (Wildman–Crippen LogP) is 7.44. The zero-order chi connectivity index (χ0) is 32.7. The van der Waals surface area contributed by atoms with E-state index < -0.39 is 29.8 Å². The van der Waals surface area contributed by atoms with E-state index in [0.717, 1.165) is 27.8 Å². The molecule has 47 heavy (non-hydrogen) atoms. The van der Waals surface area contributed by atoms with Gasteiger partial charge in [0.05, 0.1) is 13.2 Å². The maximum Gasteiger partial charge on any atom is 0.408 e. The second-order valence-corrected chi connectivity index (χ2v) is 11.1. The number of esters is 1. The third-order valence-corrected chi connectivity index (χ3v) is 7.67. The lowest BCUT2D eigenvalue weighted by Crippen LogP contribution is -2.42. The van der Waals surface area contributed by atoms with Crippen molar-refractivity contribution in [2.24, 2.45) is 0 Å². The van der Waals surface area contributed by atoms with Gasteiger partial charge in [0.15, 0.2) is 0 Å². The Morgan fingerprint density at radius 1 is 0.574 bits per heavy atom. The van der Waals surface area contributed by atoms with Crippen LogP contribution in [0.3, 0.4) is 0 Å². The molecule has 5 aromatic rings. The Kier molecular flexibility index (Phi) is 11.9. The zero-order valence-corrected chi connectivity index (χ0v) is 26.4. The highest BCUT2D eigenvalue weighted by atomic mass is 16.6. The van der Waals surface area contributed by atoms with Crippen LogP contribution in [-0.4, -0.2) is 37.4 Å². The van der Waals surface area contributed by atoms with Crippen LogP contribution >= 0.6 is 0 Å². The van der Waals surface area contributed by atoms with Crippen LogP contribution in [0.25, 0.3) is 0 Å². The average Bonchev–Trinajstić information content (AvgIpc) is 3.13. The number of carbonyl (C=O) groups excluding carboxylic acids is 2. The van der Waals surface area contributed by atoms with Crippen molar-refractivity contribution in [2.75, 3.05) is 13.2 Å². The fourth-order valence-electron chi connectivity index (χ4n) is 5.22. The molecule has 0 fully saturated rings. The molecule has 0 unspecified atom stereocenters. The van der Waals surface area contributed by atoms with Crippen LogP contribution < -0.4 is 5.32 Å². The van der Waals surface area contributed by atoms with Crippen LogP contribution in [0.2, 0.25) is 0 Å². The molecule has 7 nitrogen and oxygen atoms in total. The number of benzene rings is 5. The van der Waals surface area contributed by atoms with Gasteiger partial charge in [-0.15, -0.1) is 0 Å². The SMILES string of the molecule is C[C@H](NC(=O)OCc1ccccc1)C(=O)OC[C@@H](COC(c1ccccc1)(c1ccccc1)c1ccccc1)OCc1ccccc1. The molecule has 0 saturated carbocycles. The Bertz CT molecular complexity index is 1550. The zero-order valence-electron chi connectivity index (χ0n) is 26.4. The number of alkyl carbamates (subject to hydrolysis) is 1. The van der Waals surface area contributed by atoms with Gasteiger partial charge in [0, 0.05) is 0 Å². The quantitative estimate of drug-likeness (QED) is 0.0958. The minimum absolute atomic E-state index is 0.0904. The van der Waals surface area contributed by atoms with Gasteiger partial charge in [0.25, 0.3) is 0 Å². The van der Waals surface area contributed by atoms with Gasteiger partial charge in [0.1, 0.15) is 31.0 Å². The van der Waals surface area contributed by atoms with Crippen molar-refractivity contribution in [3.63, 3.8) is 0 Å². The maximum absolute atomic E-state index is 13.0. The summed E-state index contributed by atoms with van der Waals surface area (Å²) in [7, 11) is 0. The summed E-state index contributed by atoms with van der Waals surface area (Å²) in [5, 5.41) is 2.54. The first kappa shape index (κ1) is 33.1. The van der Waals surface area contributed by atoms with Crippen molar-refractivity contribution in [3.8, 4) is 0 Å². The van der Waals surface area contributed by atoms with Crippen molar-refractivity contribution in [2.45, 2.75) is 37.9 Å². The Morgan fingerprint density at radius 3 is 1.47 bits per heavy atom. The largest absolute Gasteiger partial charge is 0.461 e. The van der Waals surface area contributed by atoms with Gasteiger partial charge in [-0.3, -0.25) is 0 Å². The number of carbonyl (C=O) groups is 2. The van der Waals surface area contributed by atoms with Crippen LogP contribution in [-0.2, 0) is 42.6 Å². The predicted molar refractivity (Wildman–Crippen MR) is 180 cm³/mol. The van der Waals surface area contributed by atoms with Crippen molar-refractivity contribution in [1.29, 1.82) is 0 Å². The highest BCUT2D eigenvalue weighted by molar-refractivity contribution is 5.80. The van der Waals surface area contributed by atoms with Crippen molar-refractivity contribution >= 4 is 12.1 Å². The molecular formula is C40H39NO6. The Morgan fingerprint density at radius 2 is 1.00 bits per heavy atom. The monoisotopic (exact) mass is 629 g/mol. The minimum Gasteiger partial charge on any atom is -0.461 e. The van der Waals surface area contributed by atoms with Crippen LogP contribution in [0, 0.1) is 0 Å². The fraction of sp³-hybridized carbons (Fsp3) is 0.200. The molecule has 5 rings (SSSR count). The first-order chi connectivity index (χ1) is 23.0. The van der Waals surface area contributed by atoms with Crippen LogP contribution in [0.15, 0.2) is 152 Å². The molecular weight excluding hydrogens is 590 g/mol. The van der Waals surface area contributed by atoms with Gasteiger partial charge in [-0.25, -0.2) is 9.59 Å². The summed E-state index contributed by atoms with van der Waals surface area (Å²) in [5.74, 6) is -0.615. The van der Waals surface area contributed by atoms with Gasteiger partial charge < -0.3 is 24.3 Å². The third-order valence-electron chi connectivity index (χ3n) is 7.67. The second-order valence-electron chi connectivity index (χ2n) is 11.1. The highest BCUT2D eigenvalue weighted by Crippen LogP contribution is 2.40. The molecule has 240 valence electrons. The van der Waals surface area contributed by atoms with E-state index in [1.54, 1.807) is 6.92 Å². The van der Waals surface area contributed by atoms with E-state index in [0.29, 0.717) is 6.61 Å². The van der Waals surface area contributed by atoms with Gasteiger partial charge in [-0.1, -0.05) is 152 Å². The van der Waals surface area contributed by atoms with Gasteiger partial charge >= 0.3 is 12.1 Å². The molecule has 0 bridgehead atoms. The van der Waals surface area contributed by atoms with Crippen molar-refractivity contribution < 1.29 is 28.5 Å². The normalized spacial score (nSPS) is 12.4.